The van der Waals surface area contributed by atoms with Crippen molar-refractivity contribution in [3.05, 3.63) is 28.1 Å². The number of hydrogen-bond donors (Lipinski definition) is 0. The summed E-state index contributed by atoms with van der Waals surface area (Å²) < 4.78 is 0. The largest absolute Gasteiger partial charge is 0.325 e. The minimum atomic E-state index is -0.0738. The van der Waals surface area contributed by atoms with E-state index < -0.39 is 0 Å². The molecule has 0 radical (unpaired) electrons. The standard InChI is InChI=1S/C13H14N2OS/c16-13-11(9-10-5-4-8-17-10)15-7-3-1-2-6-12(15)14-13/h4-5,8-9H,1-3,6-7H2. The Bertz CT molecular complexity index is 488. The van der Waals surface area contributed by atoms with Gasteiger partial charge in [0.25, 0.3) is 5.91 Å². The average molecular weight is 246 g/mol. The van der Waals surface area contributed by atoms with E-state index in [1.165, 1.54) is 6.42 Å². The van der Waals surface area contributed by atoms with Crippen LogP contribution in [0.5, 0.6) is 0 Å². The highest BCUT2D eigenvalue weighted by Gasteiger charge is 2.29. The van der Waals surface area contributed by atoms with Crippen molar-refractivity contribution < 1.29 is 4.79 Å². The molecule has 1 aromatic rings. The van der Waals surface area contributed by atoms with Gasteiger partial charge in [-0.25, -0.2) is 0 Å². The van der Waals surface area contributed by atoms with Gasteiger partial charge in [0.05, 0.1) is 0 Å². The number of thiophene rings is 1. The summed E-state index contributed by atoms with van der Waals surface area (Å²) in [7, 11) is 0. The lowest BCUT2D eigenvalue weighted by molar-refractivity contribution is -0.114. The predicted molar refractivity (Wildman–Crippen MR) is 69.9 cm³/mol. The molecule has 1 amide bonds. The molecule has 17 heavy (non-hydrogen) atoms. The zero-order valence-corrected chi connectivity index (χ0v) is 10.4. The Balaban J connectivity index is 1.93. The van der Waals surface area contributed by atoms with Gasteiger partial charge in [0, 0.05) is 17.8 Å². The van der Waals surface area contributed by atoms with Crippen LogP contribution in [0.25, 0.3) is 6.08 Å². The average Bonchev–Trinajstić information content (AvgIpc) is 2.85. The second kappa shape index (κ2) is 4.45. The lowest BCUT2D eigenvalue weighted by Crippen LogP contribution is -2.26. The quantitative estimate of drug-likeness (QED) is 0.714. The molecule has 0 N–H and O–H groups in total. The van der Waals surface area contributed by atoms with Crippen LogP contribution in [0.2, 0.25) is 0 Å². The molecule has 0 bridgehead atoms. The highest BCUT2D eigenvalue weighted by molar-refractivity contribution is 7.10. The van der Waals surface area contributed by atoms with E-state index in [2.05, 4.69) is 9.89 Å². The van der Waals surface area contributed by atoms with Crippen LogP contribution in [-0.2, 0) is 4.79 Å². The van der Waals surface area contributed by atoms with Crippen LogP contribution >= 0.6 is 11.3 Å². The first-order chi connectivity index (χ1) is 8.34. The third-order valence-corrected chi connectivity index (χ3v) is 3.98. The Hall–Kier alpha value is -1.42. The fourth-order valence-corrected chi connectivity index (χ4v) is 2.96. The number of aliphatic imine (C=N–C) groups is 1. The van der Waals surface area contributed by atoms with E-state index in [0.29, 0.717) is 0 Å². The Labute approximate surface area is 104 Å². The van der Waals surface area contributed by atoms with Crippen molar-refractivity contribution in [2.24, 2.45) is 4.99 Å². The van der Waals surface area contributed by atoms with Gasteiger partial charge in [0.1, 0.15) is 11.5 Å². The summed E-state index contributed by atoms with van der Waals surface area (Å²) in [6.07, 6.45) is 6.43. The highest BCUT2D eigenvalue weighted by atomic mass is 32.1. The number of nitrogens with zero attached hydrogens (tertiary/aromatic N) is 2. The number of carbonyl (C=O) groups is 1. The van der Waals surface area contributed by atoms with Crippen LogP contribution < -0.4 is 0 Å². The maximum atomic E-state index is 11.9. The summed E-state index contributed by atoms with van der Waals surface area (Å²) in [4.78, 5) is 19.3. The van der Waals surface area contributed by atoms with Gasteiger partial charge in [-0.15, -0.1) is 11.3 Å². The van der Waals surface area contributed by atoms with Gasteiger partial charge in [-0.3, -0.25) is 4.79 Å². The molecule has 3 rings (SSSR count). The summed E-state index contributed by atoms with van der Waals surface area (Å²) in [5.41, 5.74) is 0.754. The lowest BCUT2D eigenvalue weighted by Gasteiger charge is -2.18. The Kier molecular flexibility index (Phi) is 2.81. The molecule has 0 saturated carbocycles. The molecule has 2 aliphatic heterocycles. The van der Waals surface area contributed by atoms with Gasteiger partial charge in [-0.05, 0) is 30.4 Å². The molecule has 1 saturated heterocycles. The van der Waals surface area contributed by atoms with Gasteiger partial charge in [0.2, 0.25) is 0 Å². The molecule has 1 fully saturated rings. The van der Waals surface area contributed by atoms with Crippen molar-refractivity contribution in [3.63, 3.8) is 0 Å². The number of amidine groups is 1. The minimum absolute atomic E-state index is 0.0738. The Morgan fingerprint density at radius 3 is 3.12 bits per heavy atom. The van der Waals surface area contributed by atoms with Crippen molar-refractivity contribution in [1.29, 1.82) is 0 Å². The normalized spacial score (nSPS) is 22.6. The van der Waals surface area contributed by atoms with Crippen molar-refractivity contribution in [2.45, 2.75) is 25.7 Å². The van der Waals surface area contributed by atoms with E-state index in [-0.39, 0.29) is 5.91 Å². The maximum absolute atomic E-state index is 11.9. The first kappa shape index (κ1) is 10.7. The maximum Gasteiger partial charge on any atom is 0.295 e. The molecule has 0 aliphatic carbocycles. The van der Waals surface area contributed by atoms with E-state index >= 15 is 0 Å². The first-order valence-electron chi connectivity index (χ1n) is 5.99. The van der Waals surface area contributed by atoms with Gasteiger partial charge < -0.3 is 4.90 Å². The molecule has 1 aromatic heterocycles. The Morgan fingerprint density at radius 1 is 1.35 bits per heavy atom. The molecule has 0 atom stereocenters. The number of rotatable bonds is 1. The second-order valence-electron chi connectivity index (χ2n) is 4.34. The predicted octanol–water partition coefficient (Wildman–Crippen LogP) is 2.90. The number of carbonyl (C=O) groups excluding carboxylic acids is 1. The zero-order chi connectivity index (χ0) is 11.7. The van der Waals surface area contributed by atoms with Crippen LogP contribution in [0.3, 0.4) is 0 Å². The third kappa shape index (κ3) is 2.05. The van der Waals surface area contributed by atoms with Gasteiger partial charge in [-0.1, -0.05) is 12.5 Å². The molecule has 0 aromatic carbocycles. The van der Waals surface area contributed by atoms with E-state index in [0.717, 1.165) is 42.2 Å². The molecule has 0 unspecified atom stereocenters. The molecule has 3 nitrogen and oxygen atoms in total. The van der Waals surface area contributed by atoms with Crippen LogP contribution in [0.1, 0.15) is 30.6 Å². The van der Waals surface area contributed by atoms with E-state index in [1.807, 2.05) is 23.6 Å². The number of hydrogen-bond acceptors (Lipinski definition) is 3. The van der Waals surface area contributed by atoms with Crippen LogP contribution in [0, 0.1) is 0 Å². The van der Waals surface area contributed by atoms with Gasteiger partial charge in [-0.2, -0.15) is 4.99 Å². The van der Waals surface area contributed by atoms with E-state index in [1.54, 1.807) is 11.3 Å². The third-order valence-electron chi connectivity index (χ3n) is 3.16. The van der Waals surface area contributed by atoms with Crippen molar-refractivity contribution >= 4 is 29.2 Å². The van der Waals surface area contributed by atoms with Crippen LogP contribution in [0.4, 0.5) is 0 Å². The SMILES string of the molecule is O=C1N=C2CCCCCN2C1=Cc1cccs1. The first-order valence-corrected chi connectivity index (χ1v) is 6.87. The van der Waals surface area contributed by atoms with Crippen LogP contribution in [-0.4, -0.2) is 23.2 Å². The minimum Gasteiger partial charge on any atom is -0.325 e. The van der Waals surface area contributed by atoms with E-state index in [9.17, 15) is 4.79 Å². The molecular weight excluding hydrogens is 232 g/mol. The summed E-state index contributed by atoms with van der Waals surface area (Å²) in [5.74, 6) is 0.894. The highest BCUT2D eigenvalue weighted by Crippen LogP contribution is 2.26. The second-order valence-corrected chi connectivity index (χ2v) is 5.32. The number of amides is 1. The zero-order valence-electron chi connectivity index (χ0n) is 9.56. The van der Waals surface area contributed by atoms with Crippen molar-refractivity contribution in [3.8, 4) is 0 Å². The summed E-state index contributed by atoms with van der Waals surface area (Å²) in [6, 6.07) is 4.03. The summed E-state index contributed by atoms with van der Waals surface area (Å²) in [6.45, 7) is 0.932. The fourth-order valence-electron chi connectivity index (χ4n) is 2.31. The molecule has 2 aliphatic rings. The number of fused-ring (bicyclic) bond motifs is 1. The van der Waals surface area contributed by atoms with Gasteiger partial charge in [0.15, 0.2) is 0 Å². The molecule has 0 spiro atoms. The van der Waals surface area contributed by atoms with E-state index in [4.69, 9.17) is 0 Å². The van der Waals surface area contributed by atoms with Crippen molar-refractivity contribution in [2.75, 3.05) is 6.54 Å². The molecule has 88 valence electrons. The molecule has 4 heteroatoms. The summed E-state index contributed by atoms with van der Waals surface area (Å²) in [5, 5.41) is 2.02. The Morgan fingerprint density at radius 2 is 2.29 bits per heavy atom. The summed E-state index contributed by atoms with van der Waals surface area (Å²) >= 11 is 1.65. The van der Waals surface area contributed by atoms with Crippen molar-refractivity contribution in [1.82, 2.24) is 4.90 Å². The molecule has 3 heterocycles. The smallest absolute Gasteiger partial charge is 0.295 e. The lowest BCUT2D eigenvalue weighted by atomic mass is 10.2. The monoisotopic (exact) mass is 246 g/mol. The fraction of sp³-hybridized carbons (Fsp3) is 0.385. The van der Waals surface area contributed by atoms with Gasteiger partial charge >= 0.3 is 0 Å². The topological polar surface area (TPSA) is 32.7 Å². The molecular formula is C13H14N2OS. The van der Waals surface area contributed by atoms with Crippen LogP contribution in [0.15, 0.2) is 28.2 Å².